The van der Waals surface area contributed by atoms with Crippen LogP contribution in [0.2, 0.25) is 0 Å². The fraction of sp³-hybridized carbons (Fsp3) is 0.875. The molecule has 0 spiro atoms. The Balaban J connectivity index is 2.29. The van der Waals surface area contributed by atoms with Crippen LogP contribution in [0.1, 0.15) is 53.9 Å². The van der Waals surface area contributed by atoms with Crippen LogP contribution >= 0.6 is 0 Å². The van der Waals surface area contributed by atoms with Gasteiger partial charge in [0.1, 0.15) is 12.0 Å². The zero-order valence-electron chi connectivity index (χ0n) is 21.1. The summed E-state index contributed by atoms with van der Waals surface area (Å²) in [6, 6.07) is -1.01. The molecule has 2 saturated heterocycles. The molecular formula is C24H43NO10. The summed E-state index contributed by atoms with van der Waals surface area (Å²) in [5.41, 5.74) is 5.90. The molecule has 11 atom stereocenters. The minimum atomic E-state index is -1.94. The number of nitrogens with two attached hydrogens (primary N) is 1. The van der Waals surface area contributed by atoms with Crippen molar-refractivity contribution in [1.29, 1.82) is 0 Å². The van der Waals surface area contributed by atoms with E-state index in [9.17, 15) is 35.4 Å². The lowest BCUT2D eigenvalue weighted by Gasteiger charge is -2.45. The van der Waals surface area contributed by atoms with Gasteiger partial charge >= 0.3 is 5.97 Å². The molecule has 35 heavy (non-hydrogen) atoms. The molecule has 0 amide bonds. The van der Waals surface area contributed by atoms with E-state index in [1.165, 1.54) is 0 Å². The summed E-state index contributed by atoms with van der Waals surface area (Å²) in [5, 5.41) is 62.2. The molecule has 2 heterocycles. The van der Waals surface area contributed by atoms with Gasteiger partial charge in [0.05, 0.1) is 42.7 Å². The molecule has 0 saturated carbocycles. The first-order valence-corrected chi connectivity index (χ1v) is 12.2. The quantitative estimate of drug-likeness (QED) is 0.193. The van der Waals surface area contributed by atoms with Crippen LogP contribution in [-0.4, -0.2) is 97.5 Å². The normalized spacial score (nSPS) is 40.4. The Kier molecular flexibility index (Phi) is 10.7. The highest BCUT2D eigenvalue weighted by Gasteiger charge is 2.50. The Morgan fingerprint density at radius 3 is 2.34 bits per heavy atom. The molecule has 11 heteroatoms. The van der Waals surface area contributed by atoms with Gasteiger partial charge in [0.15, 0.2) is 12.1 Å². The summed E-state index contributed by atoms with van der Waals surface area (Å²) in [6.07, 6.45) is -5.91. The first kappa shape index (κ1) is 30.1. The van der Waals surface area contributed by atoms with Crippen molar-refractivity contribution in [2.24, 2.45) is 23.5 Å². The second-order valence-electron chi connectivity index (χ2n) is 10.6. The summed E-state index contributed by atoms with van der Waals surface area (Å²) in [7, 11) is 0. The van der Waals surface area contributed by atoms with Crippen molar-refractivity contribution in [1.82, 2.24) is 0 Å². The van der Waals surface area contributed by atoms with Gasteiger partial charge in [-0.15, -0.1) is 0 Å². The van der Waals surface area contributed by atoms with Gasteiger partial charge in [-0.3, -0.25) is 4.79 Å². The lowest BCUT2D eigenvalue weighted by Crippen LogP contribution is -2.61. The topological polar surface area (TPSA) is 192 Å². The van der Waals surface area contributed by atoms with Crippen molar-refractivity contribution < 1.29 is 49.6 Å². The molecule has 2 aliphatic heterocycles. The van der Waals surface area contributed by atoms with E-state index in [1.807, 2.05) is 19.9 Å². The van der Waals surface area contributed by atoms with Crippen molar-refractivity contribution >= 4 is 5.97 Å². The molecule has 204 valence electrons. The van der Waals surface area contributed by atoms with Crippen LogP contribution in [0.25, 0.3) is 0 Å². The number of aliphatic hydroxyl groups excluding tert-OH is 4. The molecular weight excluding hydrogens is 462 g/mol. The third-order valence-electron chi connectivity index (χ3n) is 6.68. The predicted molar refractivity (Wildman–Crippen MR) is 125 cm³/mol. The Morgan fingerprint density at radius 1 is 1.17 bits per heavy atom. The minimum absolute atomic E-state index is 0.101. The average molecular weight is 506 g/mol. The van der Waals surface area contributed by atoms with Crippen LogP contribution in [0.15, 0.2) is 12.2 Å². The molecule has 6 unspecified atom stereocenters. The second kappa shape index (κ2) is 12.4. The average Bonchev–Trinajstić information content (AvgIpc) is 2.72. The predicted octanol–water partition coefficient (Wildman–Crippen LogP) is -0.286. The van der Waals surface area contributed by atoms with Crippen molar-refractivity contribution in [2.75, 3.05) is 0 Å². The number of rotatable bonds is 10. The number of ether oxygens (including phenoxy) is 3. The van der Waals surface area contributed by atoms with E-state index >= 15 is 0 Å². The largest absolute Gasteiger partial charge is 0.481 e. The van der Waals surface area contributed by atoms with Crippen LogP contribution in [0.5, 0.6) is 0 Å². The van der Waals surface area contributed by atoms with Gasteiger partial charge < -0.3 is 50.6 Å². The number of carbonyl (C=O) groups is 1. The monoisotopic (exact) mass is 505 g/mol. The summed E-state index contributed by atoms with van der Waals surface area (Å²) >= 11 is 0. The maximum Gasteiger partial charge on any atom is 0.311 e. The van der Waals surface area contributed by atoms with E-state index in [-0.39, 0.29) is 31.1 Å². The Morgan fingerprint density at radius 2 is 1.80 bits per heavy atom. The van der Waals surface area contributed by atoms with E-state index in [0.29, 0.717) is 0 Å². The standard InChI is InChI=1S/C24H43NO10/c1-11(2)6-7-14(34-23-21(29)19(25)20(28)13(5)33-23)8-17-18(22(30)31)16(27)10-24(32,35-17)9-15(26)12(3)4/h6-7,11-21,23,26-29,32H,8-10,25H2,1-5H3,(H,30,31)/b7-6+/t13?,14?,15-,16+,17+,18-,19?,20?,21?,23?,24-/m1/s1. The zero-order chi connectivity index (χ0) is 26.7. The van der Waals surface area contributed by atoms with Gasteiger partial charge in [0, 0.05) is 19.3 Å². The van der Waals surface area contributed by atoms with Crippen LogP contribution in [0.4, 0.5) is 0 Å². The molecule has 2 fully saturated rings. The van der Waals surface area contributed by atoms with E-state index < -0.39 is 72.7 Å². The van der Waals surface area contributed by atoms with Crippen molar-refractivity contribution in [3.8, 4) is 0 Å². The molecule has 11 nitrogen and oxygen atoms in total. The van der Waals surface area contributed by atoms with Crippen molar-refractivity contribution in [3.05, 3.63) is 12.2 Å². The van der Waals surface area contributed by atoms with Gasteiger partial charge in [-0.2, -0.15) is 0 Å². The first-order chi connectivity index (χ1) is 16.1. The third kappa shape index (κ3) is 7.91. The Labute approximate surface area is 206 Å². The van der Waals surface area contributed by atoms with Gasteiger partial charge in [-0.25, -0.2) is 0 Å². The molecule has 0 aliphatic carbocycles. The molecule has 2 rings (SSSR count). The van der Waals surface area contributed by atoms with Gasteiger partial charge in [0.25, 0.3) is 0 Å². The fourth-order valence-corrected chi connectivity index (χ4v) is 4.43. The maximum atomic E-state index is 12.0. The number of aliphatic carboxylic acids is 1. The number of allylic oxidation sites excluding steroid dienone is 1. The van der Waals surface area contributed by atoms with Crippen LogP contribution in [-0.2, 0) is 19.0 Å². The van der Waals surface area contributed by atoms with E-state index in [1.54, 1.807) is 26.8 Å². The molecule has 0 bridgehead atoms. The first-order valence-electron chi connectivity index (χ1n) is 12.2. The second-order valence-corrected chi connectivity index (χ2v) is 10.6. The molecule has 8 N–H and O–H groups in total. The van der Waals surface area contributed by atoms with E-state index in [4.69, 9.17) is 19.9 Å². The van der Waals surface area contributed by atoms with Crippen LogP contribution in [0.3, 0.4) is 0 Å². The highest BCUT2D eigenvalue weighted by atomic mass is 16.7. The van der Waals surface area contributed by atoms with E-state index in [0.717, 1.165) is 0 Å². The van der Waals surface area contributed by atoms with Crippen molar-refractivity contribution in [3.63, 3.8) is 0 Å². The van der Waals surface area contributed by atoms with Gasteiger partial charge in [-0.05, 0) is 18.8 Å². The molecule has 2 aliphatic rings. The molecule has 0 aromatic heterocycles. The number of hydrogen-bond donors (Lipinski definition) is 7. The third-order valence-corrected chi connectivity index (χ3v) is 6.68. The molecule has 0 aromatic rings. The number of aliphatic hydroxyl groups is 5. The number of carboxylic acids is 1. The van der Waals surface area contributed by atoms with E-state index in [2.05, 4.69) is 0 Å². The summed E-state index contributed by atoms with van der Waals surface area (Å²) < 4.78 is 17.4. The molecule has 0 radical (unpaired) electrons. The van der Waals surface area contributed by atoms with Crippen molar-refractivity contribution in [2.45, 2.75) is 115 Å². The lowest BCUT2D eigenvalue weighted by atomic mass is 9.82. The van der Waals surface area contributed by atoms with Gasteiger partial charge in [-0.1, -0.05) is 39.8 Å². The zero-order valence-corrected chi connectivity index (χ0v) is 21.1. The summed E-state index contributed by atoms with van der Waals surface area (Å²) in [5.74, 6) is -4.66. The lowest BCUT2D eigenvalue weighted by molar-refractivity contribution is -0.309. The molecule has 0 aromatic carbocycles. The fourth-order valence-electron chi connectivity index (χ4n) is 4.43. The summed E-state index contributed by atoms with van der Waals surface area (Å²) in [4.78, 5) is 12.0. The Bertz CT molecular complexity index is 718. The smallest absolute Gasteiger partial charge is 0.311 e. The number of carboxylic acid groups (broad SMARTS) is 1. The van der Waals surface area contributed by atoms with Crippen LogP contribution < -0.4 is 5.73 Å². The number of hydrogen-bond acceptors (Lipinski definition) is 10. The highest BCUT2D eigenvalue weighted by Crippen LogP contribution is 2.38. The highest BCUT2D eigenvalue weighted by molar-refractivity contribution is 5.71. The van der Waals surface area contributed by atoms with Crippen LogP contribution in [0, 0.1) is 17.8 Å². The maximum absolute atomic E-state index is 12.0. The Hall–Kier alpha value is -1.15. The van der Waals surface area contributed by atoms with Gasteiger partial charge in [0.2, 0.25) is 0 Å². The summed E-state index contributed by atoms with van der Waals surface area (Å²) in [6.45, 7) is 8.99. The SMILES string of the molecule is CC(C)/C=C/C(C[C@@H]1O[C@](O)(C[C@@H](O)C(C)C)C[C@H](O)[C@H]1C(=O)O)OC1OC(C)C(O)C(N)C1O. The minimum Gasteiger partial charge on any atom is -0.481 e.